The van der Waals surface area contributed by atoms with Gasteiger partial charge in [-0.25, -0.2) is 0 Å². The van der Waals surface area contributed by atoms with Crippen LogP contribution in [0.3, 0.4) is 0 Å². The van der Waals surface area contributed by atoms with Gasteiger partial charge < -0.3 is 10.6 Å². The van der Waals surface area contributed by atoms with Gasteiger partial charge in [0.15, 0.2) is 0 Å². The molecule has 1 atom stereocenters. The fourth-order valence-electron chi connectivity index (χ4n) is 3.21. The first-order valence-electron chi connectivity index (χ1n) is 9.17. The lowest BCUT2D eigenvalue weighted by Crippen LogP contribution is -2.39. The van der Waals surface area contributed by atoms with E-state index < -0.39 is 0 Å². The summed E-state index contributed by atoms with van der Waals surface area (Å²) in [6, 6.07) is 13.8. The molecule has 5 nitrogen and oxygen atoms in total. The van der Waals surface area contributed by atoms with Crippen LogP contribution in [0.4, 0.5) is 5.69 Å². The summed E-state index contributed by atoms with van der Waals surface area (Å²) in [6.45, 7) is 8.27. The Kier molecular flexibility index (Phi) is 7.13. The third kappa shape index (κ3) is 6.22. The summed E-state index contributed by atoms with van der Waals surface area (Å²) in [6.07, 6.45) is 0. The molecule has 27 heavy (non-hydrogen) atoms. The van der Waals surface area contributed by atoms with Crippen molar-refractivity contribution < 1.29 is 9.59 Å². The van der Waals surface area contributed by atoms with E-state index in [0.717, 1.165) is 22.4 Å². The van der Waals surface area contributed by atoms with Gasteiger partial charge in [0.1, 0.15) is 0 Å². The lowest BCUT2D eigenvalue weighted by molar-refractivity contribution is -0.123. The smallest absolute Gasteiger partial charge is 0.238 e. The quantitative estimate of drug-likeness (QED) is 0.789. The molecule has 0 saturated carbocycles. The number of aryl methyl sites for hydroxylation is 3. The Morgan fingerprint density at radius 2 is 1.52 bits per heavy atom. The van der Waals surface area contributed by atoms with Gasteiger partial charge in [-0.1, -0.05) is 48.0 Å². The minimum Gasteiger partial charge on any atom is -0.348 e. The molecule has 0 fully saturated rings. The van der Waals surface area contributed by atoms with Crippen molar-refractivity contribution in [3.8, 4) is 0 Å². The van der Waals surface area contributed by atoms with E-state index in [-0.39, 0.29) is 30.9 Å². The summed E-state index contributed by atoms with van der Waals surface area (Å²) in [5, 5.41) is 5.93. The third-order valence-corrected chi connectivity index (χ3v) is 4.45. The minimum absolute atomic E-state index is 0.0706. The van der Waals surface area contributed by atoms with E-state index in [0.29, 0.717) is 0 Å². The highest BCUT2D eigenvalue weighted by atomic mass is 16.2. The highest BCUT2D eigenvalue weighted by Crippen LogP contribution is 2.21. The molecule has 0 heterocycles. The average Bonchev–Trinajstić information content (AvgIpc) is 2.58. The van der Waals surface area contributed by atoms with Crippen LogP contribution in [0.15, 0.2) is 42.5 Å². The maximum atomic E-state index is 12.4. The van der Waals surface area contributed by atoms with Gasteiger partial charge in [-0.15, -0.1) is 0 Å². The summed E-state index contributed by atoms with van der Waals surface area (Å²) in [5.41, 5.74) is 5.15. The van der Waals surface area contributed by atoms with Crippen LogP contribution in [-0.4, -0.2) is 36.9 Å². The first kappa shape index (κ1) is 20.6. The third-order valence-electron chi connectivity index (χ3n) is 4.45. The van der Waals surface area contributed by atoms with Crippen LogP contribution < -0.4 is 10.6 Å². The maximum Gasteiger partial charge on any atom is 0.238 e. The van der Waals surface area contributed by atoms with Crippen molar-refractivity contribution in [3.63, 3.8) is 0 Å². The van der Waals surface area contributed by atoms with E-state index in [4.69, 9.17) is 0 Å². The Labute approximate surface area is 161 Å². The van der Waals surface area contributed by atoms with E-state index in [1.165, 1.54) is 5.56 Å². The maximum absolute atomic E-state index is 12.4. The molecule has 5 heteroatoms. The lowest BCUT2D eigenvalue weighted by Gasteiger charge is -2.20. The Balaban J connectivity index is 1.85. The van der Waals surface area contributed by atoms with Crippen LogP contribution in [0.2, 0.25) is 0 Å². The molecule has 0 spiro atoms. The number of anilines is 1. The molecule has 2 rings (SSSR count). The molecule has 2 aromatic rings. The standard InChI is InChI=1S/C22H29N3O2/c1-15-11-16(2)22(17(3)12-15)24-21(27)14-25(5)13-20(26)23-18(4)19-9-7-6-8-10-19/h6-12,18H,13-14H2,1-5H3,(H,23,26)(H,24,27)/t18-/m0/s1. The van der Waals surface area contributed by atoms with Gasteiger partial charge in [-0.3, -0.25) is 14.5 Å². The van der Waals surface area contributed by atoms with E-state index in [1.54, 1.807) is 11.9 Å². The van der Waals surface area contributed by atoms with Crippen LogP contribution in [0.5, 0.6) is 0 Å². The first-order valence-corrected chi connectivity index (χ1v) is 9.17. The number of hydrogen-bond acceptors (Lipinski definition) is 3. The Hall–Kier alpha value is -2.66. The summed E-state index contributed by atoms with van der Waals surface area (Å²) in [5.74, 6) is -0.235. The van der Waals surface area contributed by atoms with E-state index in [9.17, 15) is 9.59 Å². The zero-order chi connectivity index (χ0) is 20.0. The topological polar surface area (TPSA) is 61.4 Å². The number of benzene rings is 2. The molecule has 144 valence electrons. The van der Waals surface area contributed by atoms with Crippen LogP contribution in [0.25, 0.3) is 0 Å². The van der Waals surface area contributed by atoms with Crippen molar-refractivity contribution in [1.29, 1.82) is 0 Å². The molecule has 0 aromatic heterocycles. The van der Waals surface area contributed by atoms with E-state index >= 15 is 0 Å². The number of rotatable bonds is 7. The zero-order valence-electron chi connectivity index (χ0n) is 16.8. The summed E-state index contributed by atoms with van der Waals surface area (Å²) < 4.78 is 0. The average molecular weight is 367 g/mol. The Morgan fingerprint density at radius 3 is 2.11 bits per heavy atom. The van der Waals surface area contributed by atoms with Crippen molar-refractivity contribution in [1.82, 2.24) is 10.2 Å². The molecule has 0 saturated heterocycles. The largest absolute Gasteiger partial charge is 0.348 e. The fourth-order valence-corrected chi connectivity index (χ4v) is 3.21. The summed E-state index contributed by atoms with van der Waals surface area (Å²) in [7, 11) is 1.77. The predicted octanol–water partition coefficient (Wildman–Crippen LogP) is 3.36. The summed E-state index contributed by atoms with van der Waals surface area (Å²) in [4.78, 5) is 26.3. The van der Waals surface area contributed by atoms with Gasteiger partial charge in [0.2, 0.25) is 11.8 Å². The Bertz CT molecular complexity index is 779. The van der Waals surface area contributed by atoms with Crippen molar-refractivity contribution in [2.45, 2.75) is 33.7 Å². The highest BCUT2D eigenvalue weighted by molar-refractivity contribution is 5.94. The SMILES string of the molecule is Cc1cc(C)c(NC(=O)CN(C)CC(=O)N[C@@H](C)c2ccccc2)c(C)c1. The molecule has 0 aliphatic heterocycles. The molecule has 0 bridgehead atoms. The van der Waals surface area contributed by atoms with E-state index in [1.807, 2.05) is 70.2 Å². The number of hydrogen-bond donors (Lipinski definition) is 2. The predicted molar refractivity (Wildman–Crippen MR) is 110 cm³/mol. The Morgan fingerprint density at radius 1 is 0.963 bits per heavy atom. The number of carbonyl (C=O) groups is 2. The molecule has 2 amide bonds. The molecular formula is C22H29N3O2. The minimum atomic E-state index is -0.128. The number of nitrogens with one attached hydrogen (secondary N) is 2. The van der Waals surface area contributed by atoms with Crippen molar-refractivity contribution in [3.05, 3.63) is 64.7 Å². The van der Waals surface area contributed by atoms with Gasteiger partial charge in [-0.2, -0.15) is 0 Å². The van der Waals surface area contributed by atoms with Gasteiger partial charge in [-0.05, 0) is 51.4 Å². The number of amides is 2. The normalized spacial score (nSPS) is 11.9. The molecule has 0 radical (unpaired) electrons. The van der Waals surface area contributed by atoms with Gasteiger partial charge in [0, 0.05) is 5.69 Å². The lowest BCUT2D eigenvalue weighted by atomic mass is 10.1. The van der Waals surface area contributed by atoms with Crippen LogP contribution in [-0.2, 0) is 9.59 Å². The summed E-state index contributed by atoms with van der Waals surface area (Å²) >= 11 is 0. The zero-order valence-corrected chi connectivity index (χ0v) is 16.8. The molecule has 2 N–H and O–H groups in total. The number of nitrogens with zero attached hydrogens (tertiary/aromatic N) is 1. The fraction of sp³-hybridized carbons (Fsp3) is 0.364. The van der Waals surface area contributed by atoms with Crippen molar-refractivity contribution in [2.75, 3.05) is 25.5 Å². The van der Waals surface area contributed by atoms with Crippen molar-refractivity contribution in [2.24, 2.45) is 0 Å². The highest BCUT2D eigenvalue weighted by Gasteiger charge is 2.15. The van der Waals surface area contributed by atoms with E-state index in [2.05, 4.69) is 10.6 Å². The molecule has 2 aromatic carbocycles. The number of carbonyl (C=O) groups excluding carboxylic acids is 2. The van der Waals surface area contributed by atoms with Gasteiger partial charge in [0.25, 0.3) is 0 Å². The second-order valence-electron chi connectivity index (χ2n) is 7.19. The van der Waals surface area contributed by atoms with Gasteiger partial charge in [0.05, 0.1) is 19.1 Å². The number of likely N-dealkylation sites (N-methyl/N-ethyl adjacent to an activating group) is 1. The monoisotopic (exact) mass is 367 g/mol. The second kappa shape index (κ2) is 9.33. The van der Waals surface area contributed by atoms with Crippen LogP contribution in [0.1, 0.15) is 35.2 Å². The molecule has 0 aliphatic rings. The molecular weight excluding hydrogens is 338 g/mol. The molecule has 0 unspecified atom stereocenters. The first-order chi connectivity index (χ1) is 12.8. The molecule has 0 aliphatic carbocycles. The van der Waals surface area contributed by atoms with Gasteiger partial charge >= 0.3 is 0 Å². The van der Waals surface area contributed by atoms with Crippen LogP contribution >= 0.6 is 0 Å². The van der Waals surface area contributed by atoms with Crippen LogP contribution in [0, 0.1) is 20.8 Å². The second-order valence-corrected chi connectivity index (χ2v) is 7.19. The van der Waals surface area contributed by atoms with Crippen molar-refractivity contribution >= 4 is 17.5 Å².